The van der Waals surface area contributed by atoms with Crippen LogP contribution >= 0.6 is 63.0 Å². The normalized spacial score (nSPS) is 10.8. The van der Waals surface area contributed by atoms with Gasteiger partial charge in [0.1, 0.15) is 19.5 Å². The number of anilines is 5. The molecule has 6 aromatic carbocycles. The summed E-state index contributed by atoms with van der Waals surface area (Å²) in [4.78, 5) is 107. The predicted octanol–water partition coefficient (Wildman–Crippen LogP) is 12.7. The number of ether oxygens (including phenoxy) is 3. The fourth-order valence-electron chi connectivity index (χ4n) is 10.2. The Morgan fingerprint density at radius 2 is 0.693 bits per heavy atom. The molecule has 0 spiro atoms. The number of aryl methyl sites for hydroxylation is 4. The molecule has 11 rings (SSSR count). The van der Waals surface area contributed by atoms with Gasteiger partial charge in [0.15, 0.2) is 82.5 Å². The molecule has 0 aliphatic heterocycles. The summed E-state index contributed by atoms with van der Waals surface area (Å²) in [7, 11) is 6.35. The van der Waals surface area contributed by atoms with Crippen LogP contribution < -0.4 is 30.8 Å². The number of nitrogens with zero attached hydrogens (tertiary/aromatic N) is 14. The molecule has 0 atom stereocenters. The third-order valence-corrected chi connectivity index (χ3v) is 27.9. The second-order valence-corrected chi connectivity index (χ2v) is 39.2. The molecule has 0 bridgehead atoms. The number of nitrogens with two attached hydrogens (primary N) is 1. The van der Waals surface area contributed by atoms with Crippen molar-refractivity contribution >= 4 is 154 Å². The van der Waals surface area contributed by atoms with Gasteiger partial charge in [-0.15, -0.1) is 0 Å². The average molecular weight is 2020 g/mol. The highest BCUT2D eigenvalue weighted by Crippen LogP contribution is 2.49. The number of rotatable bonds is 25. The first-order chi connectivity index (χ1) is 59.7. The fourth-order valence-corrected chi connectivity index (χ4v) is 18.7. The van der Waals surface area contributed by atoms with Gasteiger partial charge in [-0.2, -0.15) is 0 Å². The van der Waals surface area contributed by atoms with Gasteiger partial charge in [0.05, 0.1) is 79.2 Å². The first-order valence-electron chi connectivity index (χ1n) is 37.2. The molecule has 127 heavy (non-hydrogen) atoms. The molecule has 0 radical (unpaired) electrons. The Balaban J connectivity index is 0.000000273. The van der Waals surface area contributed by atoms with E-state index in [0.29, 0.717) is 70.9 Å². The zero-order valence-electron chi connectivity index (χ0n) is 72.8. The summed E-state index contributed by atoms with van der Waals surface area (Å²) in [5, 5.41) is 26.5. The highest BCUT2D eigenvalue weighted by molar-refractivity contribution is 9.11. The molecule has 0 fully saturated rings. The lowest BCUT2D eigenvalue weighted by Crippen LogP contribution is -2.29. The molecule has 0 saturated heterocycles. The van der Waals surface area contributed by atoms with Crippen LogP contribution in [0.15, 0.2) is 200 Å². The van der Waals surface area contributed by atoms with Gasteiger partial charge >= 0.3 is 46.2 Å². The second-order valence-electron chi connectivity index (χ2n) is 27.5. The SMILES string of the molecule is COC(=O)c1nc(-c2ccc(C)cc2)cnc1N(C)C.COC(=O)c1nc(Br)cnc1Br.COC(=O)c1nc(Br)cnc1N(C)C.COP(=O)(CS(=O)(=O)c1ccc(CC(=O)c2nc(-c3ccc(C)cc3)cnc2N(C)C)cc1)OC.COP(=O)(CS(=O)(=O)c1ccc(N)cc1)OC.Cc1ccc(-c2cnc(N(C)C)c(C(=O)O)n2)cc1.Cc1ccc(B(O)O)cc1. The van der Waals surface area contributed by atoms with E-state index in [1.807, 2.05) is 127 Å². The van der Waals surface area contributed by atoms with E-state index in [1.165, 1.54) is 75.7 Å². The van der Waals surface area contributed by atoms with Gasteiger partial charge < -0.3 is 72.8 Å². The van der Waals surface area contributed by atoms with Crippen molar-refractivity contribution in [1.29, 1.82) is 0 Å². The van der Waals surface area contributed by atoms with Gasteiger partial charge in [-0.05, 0) is 123 Å². The summed E-state index contributed by atoms with van der Waals surface area (Å²) in [6.45, 7) is 7.95. The van der Waals surface area contributed by atoms with Crippen LogP contribution in [0.25, 0.3) is 33.8 Å². The molecule has 0 saturated carbocycles. The van der Waals surface area contributed by atoms with Crippen molar-refractivity contribution in [1.82, 2.24) is 49.8 Å². The maximum absolute atomic E-state index is 13.2. The van der Waals surface area contributed by atoms with E-state index >= 15 is 0 Å². The Morgan fingerprint density at radius 1 is 0.402 bits per heavy atom. The molecule has 0 aliphatic rings. The van der Waals surface area contributed by atoms with E-state index in [4.69, 9.17) is 29.6 Å². The van der Waals surface area contributed by atoms with E-state index in [1.54, 1.807) is 105 Å². The largest absolute Gasteiger partial charge is 0.488 e. The number of ketones is 1. The minimum atomic E-state index is -3.92. The predicted molar refractivity (Wildman–Crippen MR) is 496 cm³/mol. The zero-order chi connectivity index (χ0) is 95.0. The van der Waals surface area contributed by atoms with Crippen molar-refractivity contribution < 1.29 is 97.4 Å². The van der Waals surface area contributed by atoms with Gasteiger partial charge in [0.2, 0.25) is 0 Å². The number of Topliss-reactive ketones (excluding diaryl/α,β-unsaturated/α-hetero) is 1. The van der Waals surface area contributed by atoms with Crippen LogP contribution in [0.4, 0.5) is 29.0 Å². The Kier molecular flexibility index (Phi) is 41.8. The number of carbonyl (C=O) groups is 5. The fraction of sp³-hybridized carbons (Fsp3) is 0.265. The van der Waals surface area contributed by atoms with Crippen molar-refractivity contribution in [2.24, 2.45) is 0 Å². The lowest BCUT2D eigenvalue weighted by Gasteiger charge is -2.16. The van der Waals surface area contributed by atoms with Crippen LogP contribution in [-0.4, -0.2) is 236 Å². The molecule has 5 N–H and O–H groups in total. The molecule has 5 heterocycles. The Labute approximate surface area is 762 Å². The lowest BCUT2D eigenvalue weighted by molar-refractivity contribution is 0.0584. The first kappa shape index (κ1) is 106. The number of carboxylic acids is 1. The van der Waals surface area contributed by atoms with E-state index in [9.17, 15) is 55.0 Å². The van der Waals surface area contributed by atoms with E-state index in [-0.39, 0.29) is 50.5 Å². The Hall–Kier alpha value is -11.1. The van der Waals surface area contributed by atoms with E-state index in [0.717, 1.165) is 61.8 Å². The smallest absolute Gasteiger partial charge is 0.476 e. The maximum Gasteiger partial charge on any atom is 0.488 e. The van der Waals surface area contributed by atoms with Gasteiger partial charge in [-0.1, -0.05) is 131 Å². The van der Waals surface area contributed by atoms with Crippen molar-refractivity contribution in [3.63, 3.8) is 0 Å². The lowest BCUT2D eigenvalue weighted by atomic mass is 9.80. The van der Waals surface area contributed by atoms with E-state index in [2.05, 4.69) is 116 Å². The molecule has 11 aromatic rings. The minimum Gasteiger partial charge on any atom is -0.476 e. The highest BCUT2D eigenvalue weighted by Gasteiger charge is 2.33. The molecule has 5 aromatic heterocycles. The van der Waals surface area contributed by atoms with Gasteiger partial charge in [0, 0.05) is 114 Å². The Morgan fingerprint density at radius 3 is 1.03 bits per heavy atom. The molecule has 676 valence electrons. The van der Waals surface area contributed by atoms with Crippen molar-refractivity contribution in [2.75, 3.05) is 142 Å². The third-order valence-electron chi connectivity index (χ3n) is 17.1. The monoisotopic (exact) mass is 2010 g/mol. The quantitative estimate of drug-likeness (QED) is 0.0103. The number of hydrogen-bond donors (Lipinski definition) is 4. The van der Waals surface area contributed by atoms with Crippen LogP contribution in [-0.2, 0) is 67.5 Å². The Bertz CT molecular complexity index is 5900. The summed E-state index contributed by atoms with van der Waals surface area (Å²) in [5.74, 6) is -1.07. The van der Waals surface area contributed by atoms with Gasteiger partial charge in [-0.3, -0.25) is 13.9 Å². The summed E-state index contributed by atoms with van der Waals surface area (Å²) in [5.41, 5.74) is 15.3. The summed E-state index contributed by atoms with van der Waals surface area (Å²) in [6.07, 6.45) is 7.90. The molecular formula is C83H97BBr3N15O21P2S2. The first-order valence-corrected chi connectivity index (χ1v) is 46.3. The minimum absolute atomic E-state index is 0.00182. The second kappa shape index (κ2) is 49.9. The van der Waals surface area contributed by atoms with Crippen LogP contribution in [0.2, 0.25) is 0 Å². The standard InChI is InChI=1S/C24H28N3O6PS.C15H17N3O2.C14H15N3O2.C9H14NO5PS.C8H10BrN3O2.C7H9BO2.C6H4Br2N2O2/c1-17-6-10-19(11-7-17)21-15-25-24(27(2)3)23(26-21)22(28)14-18-8-12-20(13-9-18)35(30,31)16-34(29,32-4)33-5;1-10-5-7-11(8-6-10)12-9-16-14(18(2)3)13(17-12)15(19)20-4;1-9-4-6-10(7-5-9)11-8-15-13(17(2)3)12(16-11)14(18)19;1-14-16(11,15-2)7-17(12,13)9-5-3-8(10)4-6-9;1-12(2)7-6(8(13)14-3)11-5(9)4-10-7;1-6-2-4-7(5-3-6)8(9)10;1-12-6(11)4-5(8)9-2-3(7)10-4/h6-13,15H,14,16H2,1-5H3;5-9H,1-4H3;4-8H,1-3H3,(H,18,19);3-6H,7,10H2,1-2H3;4H,1-3H3;2-5,9-10H,1H3;2H,1H3. The molecule has 0 aliphatic carbocycles. The van der Waals surface area contributed by atoms with Crippen LogP contribution in [0.3, 0.4) is 0 Å². The number of carboxylic acid groups (broad SMARTS) is 1. The number of hydrogen-bond acceptors (Lipinski definition) is 35. The van der Waals surface area contributed by atoms with Crippen molar-refractivity contribution in [2.45, 2.75) is 43.9 Å². The average Bonchev–Trinajstić information content (AvgIpc) is 0.829. The van der Waals surface area contributed by atoms with Crippen LogP contribution in [0, 0.1) is 27.7 Å². The molecular weight excluding hydrogens is 1920 g/mol. The highest BCUT2D eigenvalue weighted by atomic mass is 79.9. The van der Waals surface area contributed by atoms with Crippen LogP contribution in [0.5, 0.6) is 0 Å². The molecule has 44 heteroatoms. The number of nitrogen functional groups attached to an aromatic ring is 1. The van der Waals surface area contributed by atoms with Crippen molar-refractivity contribution in [3.8, 4) is 33.8 Å². The van der Waals surface area contributed by atoms with Crippen LogP contribution in [0.1, 0.15) is 80.3 Å². The topological polar surface area (TPSA) is 481 Å². The molecule has 0 amide bonds. The summed E-state index contributed by atoms with van der Waals surface area (Å²) >= 11 is 9.31. The zero-order valence-corrected chi connectivity index (χ0v) is 81.0. The number of halogens is 3. The number of benzene rings is 6. The maximum atomic E-state index is 13.2. The molecule has 36 nitrogen and oxygen atoms in total. The number of carbonyl (C=O) groups excluding carboxylic acids is 4. The number of aromatic carboxylic acids is 1. The van der Waals surface area contributed by atoms with Crippen molar-refractivity contribution in [3.05, 3.63) is 247 Å². The van der Waals surface area contributed by atoms with E-state index < -0.39 is 76.8 Å². The number of sulfone groups is 2. The third kappa shape index (κ3) is 32.6. The summed E-state index contributed by atoms with van der Waals surface area (Å²) in [6, 6.07) is 41.9. The molecule has 0 unspecified atom stereocenters. The number of esters is 3. The number of aromatic nitrogens is 10. The van der Waals surface area contributed by atoms with Gasteiger partial charge in [-0.25, -0.2) is 85.9 Å². The van der Waals surface area contributed by atoms with Gasteiger partial charge in [0.25, 0.3) is 0 Å². The summed E-state index contributed by atoms with van der Waals surface area (Å²) < 4.78 is 107. The number of methoxy groups -OCH3 is 3.